The average Bonchev–Trinajstić information content (AvgIpc) is 2.12. The standard InChI is InChI=1S/C10H9BrO3/c1-5-3-7(9(12)10(13)14)4-8(11)6(5)2/h3-4H,1-2H3,(H,13,14). The van der Waals surface area contributed by atoms with Crippen LogP contribution in [0.4, 0.5) is 0 Å². The molecule has 74 valence electrons. The zero-order chi connectivity index (χ0) is 10.9. The van der Waals surface area contributed by atoms with Gasteiger partial charge in [0.05, 0.1) is 0 Å². The van der Waals surface area contributed by atoms with Gasteiger partial charge in [0.1, 0.15) is 0 Å². The number of aryl methyl sites for hydroxylation is 1. The molecule has 0 aliphatic heterocycles. The van der Waals surface area contributed by atoms with Gasteiger partial charge in [-0.15, -0.1) is 0 Å². The van der Waals surface area contributed by atoms with E-state index >= 15 is 0 Å². The minimum Gasteiger partial charge on any atom is -0.475 e. The Kier molecular flexibility index (Phi) is 3.06. The summed E-state index contributed by atoms with van der Waals surface area (Å²) < 4.78 is 0.752. The first-order chi connectivity index (χ1) is 6.43. The number of ketones is 1. The smallest absolute Gasteiger partial charge is 0.377 e. The van der Waals surface area contributed by atoms with Crippen molar-refractivity contribution in [3.8, 4) is 0 Å². The summed E-state index contributed by atoms with van der Waals surface area (Å²) in [4.78, 5) is 21.6. The Bertz CT molecular complexity index is 387. The second-order valence-electron chi connectivity index (χ2n) is 3.03. The van der Waals surface area contributed by atoms with Crippen molar-refractivity contribution in [2.75, 3.05) is 0 Å². The van der Waals surface area contributed by atoms with E-state index in [9.17, 15) is 9.59 Å². The molecule has 0 bridgehead atoms. The SMILES string of the molecule is Cc1cc(C(=O)C(=O)O)cc(Br)c1C. The van der Waals surface area contributed by atoms with Crippen LogP contribution in [0, 0.1) is 13.8 Å². The Labute approximate surface area is 89.9 Å². The van der Waals surface area contributed by atoms with Crippen molar-refractivity contribution in [3.63, 3.8) is 0 Å². The molecule has 1 aromatic rings. The molecular formula is C10H9BrO3. The average molecular weight is 257 g/mol. The van der Waals surface area contributed by atoms with Crippen molar-refractivity contribution in [2.24, 2.45) is 0 Å². The molecule has 4 heteroatoms. The van der Waals surface area contributed by atoms with E-state index < -0.39 is 11.8 Å². The Hall–Kier alpha value is -1.16. The van der Waals surface area contributed by atoms with Crippen LogP contribution in [0.5, 0.6) is 0 Å². The van der Waals surface area contributed by atoms with Gasteiger partial charge in [0.2, 0.25) is 0 Å². The number of carboxylic acids is 1. The molecule has 1 aromatic carbocycles. The minimum absolute atomic E-state index is 0.201. The maximum Gasteiger partial charge on any atom is 0.377 e. The molecule has 0 spiro atoms. The fourth-order valence-corrected chi connectivity index (χ4v) is 1.63. The molecular weight excluding hydrogens is 248 g/mol. The molecule has 0 saturated heterocycles. The van der Waals surface area contributed by atoms with E-state index in [0.717, 1.165) is 15.6 Å². The van der Waals surface area contributed by atoms with Gasteiger partial charge in [0, 0.05) is 10.0 Å². The zero-order valence-electron chi connectivity index (χ0n) is 7.80. The summed E-state index contributed by atoms with van der Waals surface area (Å²) >= 11 is 3.27. The number of carboxylic acid groups (broad SMARTS) is 1. The van der Waals surface area contributed by atoms with Crippen LogP contribution in [-0.4, -0.2) is 16.9 Å². The van der Waals surface area contributed by atoms with Crippen molar-refractivity contribution >= 4 is 27.7 Å². The van der Waals surface area contributed by atoms with Crippen LogP contribution in [0.2, 0.25) is 0 Å². The van der Waals surface area contributed by atoms with E-state index in [1.54, 1.807) is 6.07 Å². The molecule has 3 nitrogen and oxygen atoms in total. The molecule has 0 saturated carbocycles. The highest BCUT2D eigenvalue weighted by Crippen LogP contribution is 2.21. The van der Waals surface area contributed by atoms with Crippen LogP contribution in [0.3, 0.4) is 0 Å². The number of carbonyl (C=O) groups is 2. The molecule has 0 atom stereocenters. The van der Waals surface area contributed by atoms with Crippen molar-refractivity contribution in [1.29, 1.82) is 0 Å². The summed E-state index contributed by atoms with van der Waals surface area (Å²) in [5.74, 6) is -2.31. The van der Waals surface area contributed by atoms with Crippen LogP contribution < -0.4 is 0 Å². The number of aliphatic carboxylic acids is 1. The predicted molar refractivity (Wildman–Crippen MR) is 55.6 cm³/mol. The fourth-order valence-electron chi connectivity index (χ4n) is 1.07. The number of carbonyl (C=O) groups excluding carboxylic acids is 1. The first kappa shape index (κ1) is 10.9. The third kappa shape index (κ3) is 2.01. The van der Waals surface area contributed by atoms with Gasteiger partial charge in [-0.25, -0.2) is 4.79 Å². The summed E-state index contributed by atoms with van der Waals surface area (Å²) in [5.41, 5.74) is 2.10. The lowest BCUT2D eigenvalue weighted by Crippen LogP contribution is -2.13. The maximum atomic E-state index is 11.1. The van der Waals surface area contributed by atoms with Crippen LogP contribution in [0.1, 0.15) is 21.5 Å². The number of benzene rings is 1. The third-order valence-electron chi connectivity index (χ3n) is 2.06. The number of halogens is 1. The molecule has 1 N–H and O–H groups in total. The predicted octanol–water partition coefficient (Wildman–Crippen LogP) is 2.33. The van der Waals surface area contributed by atoms with E-state index in [-0.39, 0.29) is 5.56 Å². The summed E-state index contributed by atoms with van der Waals surface area (Å²) in [6, 6.07) is 3.11. The van der Waals surface area contributed by atoms with Crippen LogP contribution >= 0.6 is 15.9 Å². The highest BCUT2D eigenvalue weighted by atomic mass is 79.9. The normalized spacial score (nSPS) is 9.93. The van der Waals surface area contributed by atoms with Gasteiger partial charge < -0.3 is 5.11 Å². The topological polar surface area (TPSA) is 54.4 Å². The lowest BCUT2D eigenvalue weighted by Gasteiger charge is -2.05. The van der Waals surface area contributed by atoms with E-state index in [2.05, 4.69) is 15.9 Å². The van der Waals surface area contributed by atoms with Gasteiger partial charge >= 0.3 is 5.97 Å². The summed E-state index contributed by atoms with van der Waals surface area (Å²) in [7, 11) is 0. The monoisotopic (exact) mass is 256 g/mol. The van der Waals surface area contributed by atoms with Gasteiger partial charge in [0.15, 0.2) is 0 Å². The fraction of sp³-hybridized carbons (Fsp3) is 0.200. The van der Waals surface area contributed by atoms with Crippen molar-refractivity contribution in [1.82, 2.24) is 0 Å². The largest absolute Gasteiger partial charge is 0.475 e. The Morgan fingerprint density at radius 1 is 1.29 bits per heavy atom. The summed E-state index contributed by atoms with van der Waals surface area (Å²) in [6.07, 6.45) is 0. The van der Waals surface area contributed by atoms with Gasteiger partial charge in [-0.3, -0.25) is 4.79 Å². The number of Topliss-reactive ketones (excluding diaryl/α,β-unsaturated/α-hetero) is 1. The second-order valence-corrected chi connectivity index (χ2v) is 3.89. The Balaban J connectivity index is 3.26. The highest BCUT2D eigenvalue weighted by molar-refractivity contribution is 9.10. The van der Waals surface area contributed by atoms with Crippen LogP contribution in [0.25, 0.3) is 0 Å². The first-order valence-corrected chi connectivity index (χ1v) is 4.77. The number of hydrogen-bond donors (Lipinski definition) is 1. The third-order valence-corrected chi connectivity index (χ3v) is 2.88. The highest BCUT2D eigenvalue weighted by Gasteiger charge is 2.16. The molecule has 0 heterocycles. The van der Waals surface area contributed by atoms with Gasteiger partial charge in [-0.1, -0.05) is 15.9 Å². The lowest BCUT2D eigenvalue weighted by atomic mass is 10.0. The zero-order valence-corrected chi connectivity index (χ0v) is 9.38. The summed E-state index contributed by atoms with van der Waals surface area (Å²) in [5, 5.41) is 8.52. The Morgan fingerprint density at radius 2 is 1.86 bits per heavy atom. The molecule has 0 aliphatic rings. The van der Waals surface area contributed by atoms with Crippen molar-refractivity contribution < 1.29 is 14.7 Å². The quantitative estimate of drug-likeness (QED) is 0.653. The van der Waals surface area contributed by atoms with E-state index in [4.69, 9.17) is 5.11 Å². The Morgan fingerprint density at radius 3 is 2.29 bits per heavy atom. The van der Waals surface area contributed by atoms with E-state index in [1.807, 2.05) is 13.8 Å². The van der Waals surface area contributed by atoms with Crippen molar-refractivity contribution in [2.45, 2.75) is 13.8 Å². The van der Waals surface area contributed by atoms with Crippen molar-refractivity contribution in [3.05, 3.63) is 33.3 Å². The molecule has 1 rings (SSSR count). The van der Waals surface area contributed by atoms with Gasteiger partial charge in [-0.2, -0.15) is 0 Å². The number of rotatable bonds is 2. The van der Waals surface area contributed by atoms with Crippen LogP contribution in [0.15, 0.2) is 16.6 Å². The first-order valence-electron chi connectivity index (χ1n) is 3.98. The maximum absolute atomic E-state index is 11.1. The molecule has 0 unspecified atom stereocenters. The van der Waals surface area contributed by atoms with Crippen LogP contribution in [-0.2, 0) is 4.79 Å². The molecule has 0 fully saturated rings. The number of hydrogen-bond acceptors (Lipinski definition) is 2. The lowest BCUT2D eigenvalue weighted by molar-refractivity contribution is -0.131. The van der Waals surface area contributed by atoms with E-state index in [1.165, 1.54) is 6.07 Å². The molecule has 0 radical (unpaired) electrons. The molecule has 14 heavy (non-hydrogen) atoms. The minimum atomic E-state index is -1.43. The van der Waals surface area contributed by atoms with Gasteiger partial charge in [-0.05, 0) is 37.1 Å². The molecule has 0 aromatic heterocycles. The molecule has 0 aliphatic carbocycles. The summed E-state index contributed by atoms with van der Waals surface area (Å²) in [6.45, 7) is 3.73. The molecule has 0 amide bonds. The van der Waals surface area contributed by atoms with Gasteiger partial charge in [0.25, 0.3) is 5.78 Å². The van der Waals surface area contributed by atoms with E-state index in [0.29, 0.717) is 0 Å². The second kappa shape index (κ2) is 3.92.